The molecule has 6 heteroatoms. The van der Waals surface area contributed by atoms with Gasteiger partial charge in [0.25, 0.3) is 5.91 Å². The largest absolute Gasteiger partial charge is 0.494 e. The van der Waals surface area contributed by atoms with E-state index in [2.05, 4.69) is 17.2 Å². The summed E-state index contributed by atoms with van der Waals surface area (Å²) in [7, 11) is 0. The molecule has 4 nitrogen and oxygen atoms in total. The number of benzene rings is 1. The van der Waals surface area contributed by atoms with Gasteiger partial charge in [0.15, 0.2) is 5.13 Å². The number of carbonyl (C=O) groups is 1. The molecule has 2 aromatic heterocycles. The first-order valence-corrected chi connectivity index (χ1v) is 9.56. The molecule has 1 amide bonds. The lowest BCUT2D eigenvalue weighted by molar-refractivity contribution is 0.102. The predicted molar refractivity (Wildman–Crippen MR) is 100 cm³/mol. The number of amides is 1. The molecule has 124 valence electrons. The molecular weight excluding hydrogens is 340 g/mol. The van der Waals surface area contributed by atoms with Crippen LogP contribution in [-0.2, 0) is 0 Å². The van der Waals surface area contributed by atoms with Crippen LogP contribution in [0.2, 0.25) is 0 Å². The van der Waals surface area contributed by atoms with Crippen molar-refractivity contribution in [3.05, 3.63) is 52.7 Å². The summed E-state index contributed by atoms with van der Waals surface area (Å²) in [6.45, 7) is 2.78. The summed E-state index contributed by atoms with van der Waals surface area (Å²) in [5, 5.41) is 7.41. The Kier molecular flexibility index (Phi) is 5.61. The van der Waals surface area contributed by atoms with Crippen LogP contribution in [0.15, 0.2) is 47.2 Å². The fourth-order valence-electron chi connectivity index (χ4n) is 2.10. The van der Waals surface area contributed by atoms with Crippen molar-refractivity contribution < 1.29 is 9.53 Å². The van der Waals surface area contributed by atoms with Gasteiger partial charge in [0.05, 0.1) is 17.2 Å². The molecule has 1 N–H and O–H groups in total. The molecule has 0 atom stereocenters. The number of thiazole rings is 1. The Balaban J connectivity index is 1.65. The standard InChI is InChI=1S/C18H18N2O2S2/c1-2-3-9-22-14-7-4-6-13(11-14)17(21)20-18-19-15(12-24-18)16-8-5-10-23-16/h4-8,10-12H,2-3,9H2,1H3,(H,19,20,21). The lowest BCUT2D eigenvalue weighted by Crippen LogP contribution is -2.11. The molecule has 0 aliphatic rings. The van der Waals surface area contributed by atoms with E-state index in [9.17, 15) is 4.79 Å². The number of anilines is 1. The van der Waals surface area contributed by atoms with E-state index < -0.39 is 0 Å². The van der Waals surface area contributed by atoms with Crippen LogP contribution in [0.4, 0.5) is 5.13 Å². The van der Waals surface area contributed by atoms with E-state index in [1.807, 2.05) is 35.0 Å². The molecule has 3 rings (SSSR count). The number of thiophene rings is 1. The molecule has 0 aliphatic heterocycles. The molecule has 0 radical (unpaired) electrons. The topological polar surface area (TPSA) is 51.2 Å². The normalized spacial score (nSPS) is 10.5. The number of unbranched alkanes of at least 4 members (excludes halogenated alkanes) is 1. The number of carbonyl (C=O) groups excluding carboxylic acids is 1. The average Bonchev–Trinajstić information content (AvgIpc) is 3.26. The zero-order chi connectivity index (χ0) is 16.8. The maximum absolute atomic E-state index is 12.4. The van der Waals surface area contributed by atoms with Crippen LogP contribution in [0.1, 0.15) is 30.1 Å². The van der Waals surface area contributed by atoms with Crippen LogP contribution in [0.25, 0.3) is 10.6 Å². The van der Waals surface area contributed by atoms with Crippen LogP contribution < -0.4 is 10.1 Å². The number of hydrogen-bond acceptors (Lipinski definition) is 5. The molecule has 0 aliphatic carbocycles. The van der Waals surface area contributed by atoms with E-state index in [4.69, 9.17) is 4.74 Å². The lowest BCUT2D eigenvalue weighted by Gasteiger charge is -2.07. The van der Waals surface area contributed by atoms with Crippen molar-refractivity contribution in [3.63, 3.8) is 0 Å². The van der Waals surface area contributed by atoms with E-state index in [0.29, 0.717) is 17.3 Å². The van der Waals surface area contributed by atoms with Gasteiger partial charge < -0.3 is 4.74 Å². The highest BCUT2D eigenvalue weighted by atomic mass is 32.1. The minimum Gasteiger partial charge on any atom is -0.494 e. The third kappa shape index (κ3) is 4.21. The number of nitrogens with zero attached hydrogens (tertiary/aromatic N) is 1. The van der Waals surface area contributed by atoms with Gasteiger partial charge in [-0.05, 0) is 36.1 Å². The Morgan fingerprint density at radius 3 is 2.96 bits per heavy atom. The molecule has 3 aromatic rings. The van der Waals surface area contributed by atoms with Crippen LogP contribution in [0, 0.1) is 0 Å². The van der Waals surface area contributed by atoms with E-state index in [1.165, 1.54) is 11.3 Å². The van der Waals surface area contributed by atoms with Gasteiger partial charge in [-0.1, -0.05) is 25.5 Å². The summed E-state index contributed by atoms with van der Waals surface area (Å²) in [5.41, 5.74) is 1.46. The number of ether oxygens (including phenoxy) is 1. The van der Waals surface area contributed by atoms with Crippen LogP contribution in [0.5, 0.6) is 5.75 Å². The average molecular weight is 358 g/mol. The second-order valence-corrected chi connectivity index (χ2v) is 7.00. The Morgan fingerprint density at radius 1 is 1.25 bits per heavy atom. The molecule has 1 aromatic carbocycles. The van der Waals surface area contributed by atoms with E-state index in [0.717, 1.165) is 29.2 Å². The van der Waals surface area contributed by atoms with Crippen molar-refractivity contribution in [1.82, 2.24) is 4.98 Å². The Morgan fingerprint density at radius 2 is 2.17 bits per heavy atom. The van der Waals surface area contributed by atoms with Crippen LogP contribution >= 0.6 is 22.7 Å². The highest BCUT2D eigenvalue weighted by molar-refractivity contribution is 7.16. The first-order valence-electron chi connectivity index (χ1n) is 7.80. The number of aromatic nitrogens is 1. The van der Waals surface area contributed by atoms with Gasteiger partial charge in [0.2, 0.25) is 0 Å². The molecule has 0 saturated heterocycles. The minimum atomic E-state index is -0.178. The van der Waals surface area contributed by atoms with Crippen molar-refractivity contribution >= 4 is 33.7 Å². The maximum atomic E-state index is 12.4. The van der Waals surface area contributed by atoms with E-state index in [1.54, 1.807) is 23.5 Å². The SMILES string of the molecule is CCCCOc1cccc(C(=O)Nc2nc(-c3cccs3)cs2)c1. The van der Waals surface area contributed by atoms with Gasteiger partial charge in [0.1, 0.15) is 5.75 Å². The number of nitrogens with one attached hydrogen (secondary N) is 1. The van der Waals surface area contributed by atoms with Crippen molar-refractivity contribution in [3.8, 4) is 16.3 Å². The second kappa shape index (κ2) is 8.08. The Hall–Kier alpha value is -2.18. The van der Waals surface area contributed by atoms with Gasteiger partial charge in [-0.2, -0.15) is 0 Å². The third-order valence-electron chi connectivity index (χ3n) is 3.36. The number of rotatable bonds is 7. The van der Waals surface area contributed by atoms with Crippen molar-refractivity contribution in [1.29, 1.82) is 0 Å². The molecule has 0 unspecified atom stereocenters. The predicted octanol–water partition coefficient (Wildman–Crippen LogP) is 5.30. The van der Waals surface area contributed by atoms with Crippen molar-refractivity contribution in [2.24, 2.45) is 0 Å². The van der Waals surface area contributed by atoms with Crippen molar-refractivity contribution in [2.75, 3.05) is 11.9 Å². The van der Waals surface area contributed by atoms with Crippen LogP contribution in [-0.4, -0.2) is 17.5 Å². The molecular formula is C18H18N2O2S2. The summed E-state index contributed by atoms with van der Waals surface area (Å²) >= 11 is 3.06. The lowest BCUT2D eigenvalue weighted by atomic mass is 10.2. The second-order valence-electron chi connectivity index (χ2n) is 5.20. The van der Waals surface area contributed by atoms with Gasteiger partial charge in [-0.3, -0.25) is 10.1 Å². The monoisotopic (exact) mass is 358 g/mol. The minimum absolute atomic E-state index is 0.178. The molecule has 24 heavy (non-hydrogen) atoms. The highest BCUT2D eigenvalue weighted by Gasteiger charge is 2.11. The van der Waals surface area contributed by atoms with E-state index >= 15 is 0 Å². The van der Waals surface area contributed by atoms with Gasteiger partial charge in [-0.25, -0.2) is 4.98 Å². The fourth-order valence-corrected chi connectivity index (χ4v) is 3.57. The fraction of sp³-hybridized carbons (Fsp3) is 0.222. The maximum Gasteiger partial charge on any atom is 0.257 e. The highest BCUT2D eigenvalue weighted by Crippen LogP contribution is 2.28. The zero-order valence-corrected chi connectivity index (χ0v) is 15.0. The summed E-state index contributed by atoms with van der Waals surface area (Å²) in [6.07, 6.45) is 2.08. The first-order chi connectivity index (χ1) is 11.8. The smallest absolute Gasteiger partial charge is 0.257 e. The van der Waals surface area contributed by atoms with Crippen LogP contribution in [0.3, 0.4) is 0 Å². The molecule has 0 fully saturated rings. The zero-order valence-electron chi connectivity index (χ0n) is 13.3. The van der Waals surface area contributed by atoms with Gasteiger partial charge in [-0.15, -0.1) is 22.7 Å². The van der Waals surface area contributed by atoms with Crippen molar-refractivity contribution in [2.45, 2.75) is 19.8 Å². The number of hydrogen-bond donors (Lipinski definition) is 1. The molecule has 2 heterocycles. The molecule has 0 spiro atoms. The quantitative estimate of drug-likeness (QED) is 0.583. The summed E-state index contributed by atoms with van der Waals surface area (Å²) in [6, 6.07) is 11.2. The van der Waals surface area contributed by atoms with Gasteiger partial charge >= 0.3 is 0 Å². The molecule has 0 bridgehead atoms. The van der Waals surface area contributed by atoms with E-state index in [-0.39, 0.29) is 5.91 Å². The first kappa shape index (κ1) is 16.7. The Labute approximate surface area is 149 Å². The van der Waals surface area contributed by atoms with Gasteiger partial charge in [0, 0.05) is 10.9 Å². The summed E-state index contributed by atoms with van der Waals surface area (Å²) in [5.74, 6) is 0.539. The molecule has 0 saturated carbocycles. The Bertz CT molecular complexity index is 797. The summed E-state index contributed by atoms with van der Waals surface area (Å²) in [4.78, 5) is 18.0. The summed E-state index contributed by atoms with van der Waals surface area (Å²) < 4.78 is 5.65. The third-order valence-corrected chi connectivity index (χ3v) is 5.01.